The normalized spacial score (nSPS) is 10.3. The minimum atomic E-state index is -0.136. The lowest BCUT2D eigenvalue weighted by molar-refractivity contribution is 0.0786. The zero-order chi connectivity index (χ0) is 13.1. The first-order valence-corrected chi connectivity index (χ1v) is 5.68. The Morgan fingerprint density at radius 3 is 2.89 bits per heavy atom. The Hall–Kier alpha value is -2.30. The van der Waals surface area contributed by atoms with Crippen LogP contribution in [0.15, 0.2) is 30.5 Å². The fourth-order valence-corrected chi connectivity index (χ4v) is 1.83. The number of carbonyl (C=O) groups excluding carboxylic acids is 1. The second kappa shape index (κ2) is 4.91. The van der Waals surface area contributed by atoms with Gasteiger partial charge in [0.1, 0.15) is 11.4 Å². The molecule has 0 saturated heterocycles. The van der Waals surface area contributed by atoms with Crippen LogP contribution in [0.5, 0.6) is 0 Å². The number of nitrogens with zero attached hydrogens (tertiary/aromatic N) is 2. The van der Waals surface area contributed by atoms with E-state index in [2.05, 4.69) is 16.3 Å². The Kier molecular flexibility index (Phi) is 3.32. The van der Waals surface area contributed by atoms with Gasteiger partial charge in [-0.25, -0.2) is 0 Å². The first-order valence-electron chi connectivity index (χ1n) is 5.68. The Bertz CT molecular complexity index is 562. The van der Waals surface area contributed by atoms with Crippen LogP contribution in [0.25, 0.3) is 0 Å². The van der Waals surface area contributed by atoms with Crippen LogP contribution in [0.3, 0.4) is 0 Å². The van der Waals surface area contributed by atoms with Crippen LogP contribution < -0.4 is 5.73 Å². The summed E-state index contributed by atoms with van der Waals surface area (Å²) in [4.78, 5) is 13.7. The van der Waals surface area contributed by atoms with E-state index in [1.54, 1.807) is 11.9 Å². The number of H-pyrrole nitrogens is 1. The van der Waals surface area contributed by atoms with Gasteiger partial charge in [0.25, 0.3) is 5.91 Å². The predicted octanol–water partition coefficient (Wildman–Crippen LogP) is 1.57. The molecule has 1 aromatic heterocycles. The van der Waals surface area contributed by atoms with Gasteiger partial charge >= 0.3 is 0 Å². The second-order valence-corrected chi connectivity index (χ2v) is 4.35. The maximum Gasteiger partial charge on any atom is 0.259 e. The minimum absolute atomic E-state index is 0.136. The van der Waals surface area contributed by atoms with Crippen molar-refractivity contribution in [2.75, 3.05) is 12.8 Å². The summed E-state index contributed by atoms with van der Waals surface area (Å²) in [5.41, 5.74) is 8.31. The standard InChI is InChI=1S/C13H16N4O/c1-9-4-3-5-10(6-9)8-17(2)13(18)11-7-15-16-12(11)14/h3-7H,8H2,1-2H3,(H3,14,15,16). The highest BCUT2D eigenvalue weighted by atomic mass is 16.2. The van der Waals surface area contributed by atoms with Gasteiger partial charge in [-0.05, 0) is 12.5 Å². The molecule has 0 saturated carbocycles. The number of hydrogen-bond donors (Lipinski definition) is 2. The fourth-order valence-electron chi connectivity index (χ4n) is 1.83. The third-order valence-corrected chi connectivity index (χ3v) is 2.75. The summed E-state index contributed by atoms with van der Waals surface area (Å²) < 4.78 is 0. The van der Waals surface area contributed by atoms with Crippen LogP contribution in [-0.4, -0.2) is 28.1 Å². The highest BCUT2D eigenvalue weighted by molar-refractivity contribution is 5.97. The second-order valence-electron chi connectivity index (χ2n) is 4.35. The summed E-state index contributed by atoms with van der Waals surface area (Å²) in [6.45, 7) is 2.57. The molecule has 5 nitrogen and oxygen atoms in total. The summed E-state index contributed by atoms with van der Waals surface area (Å²) in [7, 11) is 1.75. The molecule has 0 radical (unpaired) electrons. The minimum Gasteiger partial charge on any atom is -0.383 e. The average Bonchev–Trinajstić information content (AvgIpc) is 2.74. The molecule has 0 aliphatic carbocycles. The third-order valence-electron chi connectivity index (χ3n) is 2.75. The number of hydrogen-bond acceptors (Lipinski definition) is 3. The number of rotatable bonds is 3. The summed E-state index contributed by atoms with van der Waals surface area (Å²) in [6, 6.07) is 8.06. The molecule has 0 atom stereocenters. The van der Waals surface area contributed by atoms with Crippen molar-refractivity contribution in [2.45, 2.75) is 13.5 Å². The van der Waals surface area contributed by atoms with Gasteiger partial charge in [0.15, 0.2) is 0 Å². The molecule has 0 bridgehead atoms. The molecule has 3 N–H and O–H groups in total. The summed E-state index contributed by atoms with van der Waals surface area (Å²) >= 11 is 0. The lowest BCUT2D eigenvalue weighted by Gasteiger charge is -2.17. The van der Waals surface area contributed by atoms with E-state index in [-0.39, 0.29) is 5.91 Å². The van der Waals surface area contributed by atoms with E-state index in [9.17, 15) is 4.79 Å². The third kappa shape index (κ3) is 2.51. The van der Waals surface area contributed by atoms with Crippen molar-refractivity contribution in [3.63, 3.8) is 0 Å². The van der Waals surface area contributed by atoms with Gasteiger partial charge in [0, 0.05) is 13.6 Å². The number of anilines is 1. The maximum atomic E-state index is 12.1. The van der Waals surface area contributed by atoms with Crippen LogP contribution in [0.1, 0.15) is 21.5 Å². The topological polar surface area (TPSA) is 75.0 Å². The molecular weight excluding hydrogens is 228 g/mol. The summed E-state index contributed by atoms with van der Waals surface area (Å²) in [5, 5.41) is 6.31. The van der Waals surface area contributed by atoms with Gasteiger partial charge in [-0.3, -0.25) is 9.89 Å². The molecular formula is C13H16N4O. The van der Waals surface area contributed by atoms with Gasteiger partial charge in [-0.15, -0.1) is 0 Å². The first-order chi connectivity index (χ1) is 8.58. The number of nitrogens with two attached hydrogens (primary N) is 1. The van der Waals surface area contributed by atoms with Gasteiger partial charge in [0.2, 0.25) is 0 Å². The van der Waals surface area contributed by atoms with Crippen molar-refractivity contribution in [2.24, 2.45) is 0 Å². The highest BCUT2D eigenvalue weighted by Gasteiger charge is 2.16. The Labute approximate surface area is 106 Å². The molecule has 1 aromatic carbocycles. The van der Waals surface area contributed by atoms with Crippen molar-refractivity contribution in [3.05, 3.63) is 47.2 Å². The number of carbonyl (C=O) groups is 1. The van der Waals surface area contributed by atoms with Gasteiger partial charge in [-0.1, -0.05) is 29.8 Å². The number of benzene rings is 1. The first kappa shape index (κ1) is 12.2. The van der Waals surface area contributed by atoms with E-state index in [0.717, 1.165) is 5.56 Å². The molecule has 0 aliphatic heterocycles. The SMILES string of the molecule is Cc1cccc(CN(C)C(=O)c2cn[nH]c2N)c1. The van der Waals surface area contributed by atoms with Crippen LogP contribution in [0.2, 0.25) is 0 Å². The lowest BCUT2D eigenvalue weighted by Crippen LogP contribution is -2.26. The Balaban J connectivity index is 2.11. The van der Waals surface area contributed by atoms with Crippen molar-refractivity contribution in [1.29, 1.82) is 0 Å². The number of nitrogen functional groups attached to an aromatic ring is 1. The highest BCUT2D eigenvalue weighted by Crippen LogP contribution is 2.12. The predicted molar refractivity (Wildman–Crippen MR) is 70.0 cm³/mol. The van der Waals surface area contributed by atoms with Gasteiger partial charge < -0.3 is 10.6 Å². The molecule has 18 heavy (non-hydrogen) atoms. The van der Waals surface area contributed by atoms with Crippen molar-refractivity contribution in [1.82, 2.24) is 15.1 Å². The van der Waals surface area contributed by atoms with E-state index in [1.807, 2.05) is 25.1 Å². The molecule has 0 spiro atoms. The number of nitrogens with one attached hydrogen (secondary N) is 1. The molecule has 1 amide bonds. The number of aromatic amines is 1. The summed E-state index contributed by atoms with van der Waals surface area (Å²) in [5.74, 6) is 0.166. The number of amides is 1. The number of aromatic nitrogens is 2. The fraction of sp³-hybridized carbons (Fsp3) is 0.231. The van der Waals surface area contributed by atoms with Crippen LogP contribution in [-0.2, 0) is 6.54 Å². The average molecular weight is 244 g/mol. The van der Waals surface area contributed by atoms with Crippen molar-refractivity contribution >= 4 is 11.7 Å². The van der Waals surface area contributed by atoms with E-state index < -0.39 is 0 Å². The van der Waals surface area contributed by atoms with Crippen molar-refractivity contribution < 1.29 is 4.79 Å². The van der Waals surface area contributed by atoms with Gasteiger partial charge in [-0.2, -0.15) is 5.10 Å². The van der Waals surface area contributed by atoms with Crippen LogP contribution >= 0.6 is 0 Å². The molecule has 2 rings (SSSR count). The largest absolute Gasteiger partial charge is 0.383 e. The van der Waals surface area contributed by atoms with E-state index in [1.165, 1.54) is 11.8 Å². The Morgan fingerprint density at radius 2 is 2.28 bits per heavy atom. The van der Waals surface area contributed by atoms with Gasteiger partial charge in [0.05, 0.1) is 6.20 Å². The summed E-state index contributed by atoms with van der Waals surface area (Å²) in [6.07, 6.45) is 1.45. The molecule has 0 aliphatic rings. The monoisotopic (exact) mass is 244 g/mol. The molecule has 0 fully saturated rings. The quantitative estimate of drug-likeness (QED) is 0.860. The molecule has 0 unspecified atom stereocenters. The molecule has 1 heterocycles. The lowest BCUT2D eigenvalue weighted by atomic mass is 10.1. The zero-order valence-corrected chi connectivity index (χ0v) is 10.5. The van der Waals surface area contributed by atoms with Crippen LogP contribution in [0, 0.1) is 6.92 Å². The maximum absolute atomic E-state index is 12.1. The molecule has 94 valence electrons. The molecule has 2 aromatic rings. The van der Waals surface area contributed by atoms with E-state index in [4.69, 9.17) is 5.73 Å². The zero-order valence-electron chi connectivity index (χ0n) is 10.5. The Morgan fingerprint density at radius 1 is 1.50 bits per heavy atom. The van der Waals surface area contributed by atoms with E-state index in [0.29, 0.717) is 17.9 Å². The van der Waals surface area contributed by atoms with E-state index >= 15 is 0 Å². The molecule has 5 heteroatoms. The smallest absolute Gasteiger partial charge is 0.259 e. The van der Waals surface area contributed by atoms with Crippen LogP contribution in [0.4, 0.5) is 5.82 Å². The number of aryl methyl sites for hydroxylation is 1. The van der Waals surface area contributed by atoms with Crippen molar-refractivity contribution in [3.8, 4) is 0 Å².